The Kier molecular flexibility index (Phi) is 4.23. The second-order valence-electron chi connectivity index (χ2n) is 2.85. The molecule has 0 saturated heterocycles. The van der Waals surface area contributed by atoms with Gasteiger partial charge in [-0.05, 0) is 40.7 Å². The van der Waals surface area contributed by atoms with Gasteiger partial charge in [0.2, 0.25) is 6.19 Å². The molecule has 0 bridgehead atoms. The highest BCUT2D eigenvalue weighted by molar-refractivity contribution is 9.10. The van der Waals surface area contributed by atoms with Crippen molar-refractivity contribution in [1.82, 2.24) is 4.98 Å². The van der Waals surface area contributed by atoms with Crippen LogP contribution in [-0.4, -0.2) is 11.2 Å². The minimum atomic E-state index is -0.233. The lowest BCUT2D eigenvalue weighted by molar-refractivity contribution is 1.14. The minimum Gasteiger partial charge on any atom is -0.260 e. The summed E-state index contributed by atoms with van der Waals surface area (Å²) in [6, 6.07) is 2.03. The van der Waals surface area contributed by atoms with E-state index in [1.807, 2.05) is 31.6 Å². The zero-order valence-corrected chi connectivity index (χ0v) is 10.4. The van der Waals surface area contributed by atoms with E-state index in [2.05, 4.69) is 25.3 Å². The Morgan fingerprint density at radius 2 is 2.43 bits per heavy atom. The number of pyridine rings is 1. The molecule has 0 aromatic carbocycles. The monoisotopic (exact) mass is 271 g/mol. The van der Waals surface area contributed by atoms with E-state index in [-0.39, 0.29) is 10.7 Å². The number of hydrogen-bond acceptors (Lipinski definition) is 3. The molecule has 0 aliphatic carbocycles. The molecule has 1 aromatic rings. The third kappa shape index (κ3) is 3.20. The number of aromatic nitrogens is 1. The van der Waals surface area contributed by atoms with Gasteiger partial charge in [-0.25, -0.2) is 0 Å². The number of nitrogens with zero attached hydrogens (tertiary/aromatic N) is 3. The summed E-state index contributed by atoms with van der Waals surface area (Å²) in [7, 11) is -0.233. The number of nitriles is 1. The molecule has 1 unspecified atom stereocenters. The van der Waals surface area contributed by atoms with Gasteiger partial charge >= 0.3 is 0 Å². The molecule has 1 aromatic heterocycles. The number of halogens is 1. The van der Waals surface area contributed by atoms with Gasteiger partial charge in [-0.15, -0.1) is 0 Å². The lowest BCUT2D eigenvalue weighted by Crippen LogP contribution is -1.94. The highest BCUT2D eigenvalue weighted by atomic mass is 79.9. The zero-order valence-electron chi connectivity index (χ0n) is 7.99. The Morgan fingerprint density at radius 1 is 1.71 bits per heavy atom. The summed E-state index contributed by atoms with van der Waals surface area (Å²) in [5, 5.41) is 8.38. The van der Waals surface area contributed by atoms with Crippen LogP contribution < -0.4 is 0 Å². The van der Waals surface area contributed by atoms with Crippen molar-refractivity contribution in [3.05, 3.63) is 28.0 Å². The summed E-state index contributed by atoms with van der Waals surface area (Å²) in [6.45, 7) is 1.94. The largest absolute Gasteiger partial charge is 0.260 e. The van der Waals surface area contributed by atoms with Crippen LogP contribution in [0.2, 0.25) is 0 Å². The standard InChI is InChI=1S/C9H10BrN3S/c1-7-9(10)3-8(4-12-7)5-14(2)13-6-11/h3-4H,5H2,1-2H3. The normalized spacial score (nSPS) is 12.4. The first kappa shape index (κ1) is 11.3. The van der Waals surface area contributed by atoms with Crippen LogP contribution in [-0.2, 0) is 16.4 Å². The van der Waals surface area contributed by atoms with Crippen molar-refractivity contribution in [2.45, 2.75) is 12.7 Å². The van der Waals surface area contributed by atoms with Crippen molar-refractivity contribution in [3.8, 4) is 6.19 Å². The van der Waals surface area contributed by atoms with E-state index >= 15 is 0 Å². The van der Waals surface area contributed by atoms with Crippen molar-refractivity contribution < 1.29 is 0 Å². The predicted octanol–water partition coefficient (Wildman–Crippen LogP) is 2.57. The molecule has 3 nitrogen and oxygen atoms in total. The van der Waals surface area contributed by atoms with Crippen molar-refractivity contribution in [3.63, 3.8) is 0 Å². The predicted molar refractivity (Wildman–Crippen MR) is 61.7 cm³/mol. The van der Waals surface area contributed by atoms with E-state index < -0.39 is 0 Å². The molecule has 0 saturated carbocycles. The quantitative estimate of drug-likeness (QED) is 0.777. The van der Waals surface area contributed by atoms with Crippen LogP contribution in [0.15, 0.2) is 21.1 Å². The van der Waals surface area contributed by atoms with Gasteiger partial charge in [-0.3, -0.25) is 4.98 Å². The third-order valence-corrected chi connectivity index (χ3v) is 3.60. The number of aryl methyl sites for hydroxylation is 1. The molecule has 1 rings (SSSR count). The Hall–Kier alpha value is -0.730. The summed E-state index contributed by atoms with van der Waals surface area (Å²) in [5.41, 5.74) is 2.08. The average molecular weight is 272 g/mol. The minimum absolute atomic E-state index is 0.233. The average Bonchev–Trinajstić information content (AvgIpc) is 2.12. The smallest absolute Gasteiger partial charge is 0.212 e. The lowest BCUT2D eigenvalue weighted by atomic mass is 10.3. The van der Waals surface area contributed by atoms with Crippen molar-refractivity contribution >= 4 is 26.6 Å². The van der Waals surface area contributed by atoms with Crippen LogP contribution >= 0.6 is 15.9 Å². The molecule has 0 aliphatic heterocycles. The van der Waals surface area contributed by atoms with Gasteiger partial charge in [0.05, 0.1) is 5.69 Å². The van der Waals surface area contributed by atoms with E-state index in [0.717, 1.165) is 21.5 Å². The summed E-state index contributed by atoms with van der Waals surface area (Å²) < 4.78 is 4.77. The number of rotatable bonds is 2. The maximum absolute atomic E-state index is 8.38. The molecule has 0 aliphatic rings. The SMILES string of the molecule is Cc1ncc(CS(C)=NC#N)cc1Br. The summed E-state index contributed by atoms with van der Waals surface area (Å²) in [5.74, 6) is 0.777. The first-order valence-electron chi connectivity index (χ1n) is 3.97. The van der Waals surface area contributed by atoms with E-state index in [1.165, 1.54) is 0 Å². The Bertz CT molecular complexity index is 409. The van der Waals surface area contributed by atoms with Crippen molar-refractivity contribution in [1.29, 1.82) is 5.26 Å². The molecule has 74 valence electrons. The van der Waals surface area contributed by atoms with E-state index in [1.54, 1.807) is 0 Å². The van der Waals surface area contributed by atoms with E-state index in [0.29, 0.717) is 0 Å². The van der Waals surface area contributed by atoms with Gasteiger partial charge in [0, 0.05) is 16.4 Å². The molecule has 5 heteroatoms. The molecule has 1 heterocycles. The summed E-state index contributed by atoms with van der Waals surface area (Å²) >= 11 is 3.42. The van der Waals surface area contributed by atoms with Crippen molar-refractivity contribution in [2.75, 3.05) is 6.26 Å². The second kappa shape index (κ2) is 5.23. The maximum Gasteiger partial charge on any atom is 0.212 e. The topological polar surface area (TPSA) is 49.0 Å². The van der Waals surface area contributed by atoms with Crippen LogP contribution in [0.3, 0.4) is 0 Å². The lowest BCUT2D eigenvalue weighted by Gasteiger charge is -2.02. The third-order valence-electron chi connectivity index (χ3n) is 1.65. The molecule has 0 radical (unpaired) electrons. The first-order valence-corrected chi connectivity index (χ1v) is 6.52. The van der Waals surface area contributed by atoms with Crippen LogP contribution in [0.25, 0.3) is 0 Å². The maximum atomic E-state index is 8.38. The van der Waals surface area contributed by atoms with Gasteiger partial charge < -0.3 is 0 Å². The van der Waals surface area contributed by atoms with E-state index in [9.17, 15) is 0 Å². The summed E-state index contributed by atoms with van der Waals surface area (Å²) in [4.78, 5) is 4.22. The molecular formula is C9H10BrN3S. The van der Waals surface area contributed by atoms with Gasteiger partial charge in [0.25, 0.3) is 0 Å². The zero-order chi connectivity index (χ0) is 10.6. The van der Waals surface area contributed by atoms with Crippen LogP contribution in [0, 0.1) is 18.4 Å². The van der Waals surface area contributed by atoms with Crippen LogP contribution in [0.5, 0.6) is 0 Å². The van der Waals surface area contributed by atoms with E-state index in [4.69, 9.17) is 5.26 Å². The fourth-order valence-electron chi connectivity index (χ4n) is 0.968. The fraction of sp³-hybridized carbons (Fsp3) is 0.333. The Labute approximate surface area is 94.4 Å². The molecule has 0 amide bonds. The molecule has 0 fully saturated rings. The first-order chi connectivity index (χ1) is 6.63. The molecule has 0 spiro atoms. The van der Waals surface area contributed by atoms with Gasteiger partial charge in [-0.1, -0.05) is 10.7 Å². The second-order valence-corrected chi connectivity index (χ2v) is 5.37. The Morgan fingerprint density at radius 3 is 3.00 bits per heavy atom. The van der Waals surface area contributed by atoms with Crippen LogP contribution in [0.4, 0.5) is 0 Å². The molecule has 14 heavy (non-hydrogen) atoms. The van der Waals surface area contributed by atoms with Gasteiger partial charge in [0.1, 0.15) is 0 Å². The summed E-state index contributed by atoms with van der Waals surface area (Å²) in [6.07, 6.45) is 5.59. The van der Waals surface area contributed by atoms with Gasteiger partial charge in [-0.2, -0.15) is 9.62 Å². The fourth-order valence-corrected chi connectivity index (χ4v) is 2.21. The number of hydrogen-bond donors (Lipinski definition) is 0. The Balaban J connectivity index is 2.84. The molecule has 0 N–H and O–H groups in total. The molecular weight excluding hydrogens is 262 g/mol. The molecule has 1 atom stereocenters. The van der Waals surface area contributed by atoms with Crippen molar-refractivity contribution in [2.24, 2.45) is 4.36 Å². The highest BCUT2D eigenvalue weighted by Crippen LogP contribution is 2.15. The van der Waals surface area contributed by atoms with Crippen LogP contribution in [0.1, 0.15) is 11.3 Å². The highest BCUT2D eigenvalue weighted by Gasteiger charge is 1.99. The van der Waals surface area contributed by atoms with Gasteiger partial charge in [0.15, 0.2) is 0 Å².